The first kappa shape index (κ1) is 14.9. The van der Waals surface area contributed by atoms with Gasteiger partial charge < -0.3 is 9.64 Å². The van der Waals surface area contributed by atoms with E-state index < -0.39 is 0 Å². The van der Waals surface area contributed by atoms with Crippen molar-refractivity contribution in [2.75, 3.05) is 13.7 Å². The smallest absolute Gasteiger partial charge is 0.254 e. The number of halogens is 1. The Hall–Kier alpha value is -2.00. The highest BCUT2D eigenvalue weighted by Crippen LogP contribution is 2.32. The van der Waals surface area contributed by atoms with Gasteiger partial charge in [-0.2, -0.15) is 0 Å². The standard InChI is InChI=1S/C18H18ClNO2/c1-12-17-7-6-16(22-2)11-13(17)8-9-20(12)18(21)14-4-3-5-15(19)10-14/h3-7,10-12H,8-9H2,1-2H3. The highest BCUT2D eigenvalue weighted by atomic mass is 35.5. The van der Waals surface area contributed by atoms with E-state index >= 15 is 0 Å². The fraction of sp³-hybridized carbons (Fsp3) is 0.278. The lowest BCUT2D eigenvalue weighted by molar-refractivity contribution is 0.0677. The number of carbonyl (C=O) groups excluding carboxylic acids is 1. The maximum absolute atomic E-state index is 12.7. The molecule has 1 atom stereocenters. The van der Waals surface area contributed by atoms with Gasteiger partial charge in [-0.05, 0) is 54.8 Å². The van der Waals surface area contributed by atoms with Gasteiger partial charge in [0.25, 0.3) is 5.91 Å². The molecule has 3 nitrogen and oxygen atoms in total. The maximum Gasteiger partial charge on any atom is 0.254 e. The van der Waals surface area contributed by atoms with Gasteiger partial charge in [0.15, 0.2) is 0 Å². The lowest BCUT2D eigenvalue weighted by Gasteiger charge is -2.35. The molecule has 0 spiro atoms. The number of carbonyl (C=O) groups is 1. The van der Waals surface area contributed by atoms with Crippen LogP contribution < -0.4 is 4.74 Å². The second-order valence-corrected chi connectivity index (χ2v) is 5.94. The molecule has 0 saturated heterocycles. The van der Waals surface area contributed by atoms with E-state index in [0.29, 0.717) is 17.1 Å². The number of ether oxygens (including phenoxy) is 1. The summed E-state index contributed by atoms with van der Waals surface area (Å²) in [6.07, 6.45) is 0.836. The first-order valence-electron chi connectivity index (χ1n) is 7.33. The second kappa shape index (κ2) is 6.01. The molecule has 114 valence electrons. The molecule has 1 unspecified atom stereocenters. The molecule has 0 saturated carbocycles. The van der Waals surface area contributed by atoms with Crippen LogP contribution in [0, 0.1) is 0 Å². The monoisotopic (exact) mass is 315 g/mol. The average Bonchev–Trinajstić information content (AvgIpc) is 2.54. The van der Waals surface area contributed by atoms with E-state index in [-0.39, 0.29) is 11.9 Å². The molecule has 1 aliphatic rings. The molecule has 3 rings (SSSR count). The Morgan fingerprint density at radius 2 is 2.09 bits per heavy atom. The third-order valence-corrected chi connectivity index (χ3v) is 4.46. The van der Waals surface area contributed by atoms with Crippen LogP contribution in [0.3, 0.4) is 0 Å². The topological polar surface area (TPSA) is 29.5 Å². The van der Waals surface area contributed by atoms with Crippen molar-refractivity contribution < 1.29 is 9.53 Å². The molecule has 0 radical (unpaired) electrons. The van der Waals surface area contributed by atoms with Crippen molar-refractivity contribution >= 4 is 17.5 Å². The zero-order valence-corrected chi connectivity index (χ0v) is 13.4. The largest absolute Gasteiger partial charge is 0.497 e. The van der Waals surface area contributed by atoms with Gasteiger partial charge in [-0.15, -0.1) is 0 Å². The molecule has 22 heavy (non-hydrogen) atoms. The number of methoxy groups -OCH3 is 1. The van der Waals surface area contributed by atoms with Crippen molar-refractivity contribution in [3.63, 3.8) is 0 Å². The van der Waals surface area contributed by atoms with Crippen LogP contribution in [-0.4, -0.2) is 24.5 Å². The van der Waals surface area contributed by atoms with Crippen LogP contribution in [0.15, 0.2) is 42.5 Å². The first-order chi connectivity index (χ1) is 10.6. The summed E-state index contributed by atoms with van der Waals surface area (Å²) in [6.45, 7) is 2.76. The van der Waals surface area contributed by atoms with E-state index in [2.05, 4.69) is 19.1 Å². The van der Waals surface area contributed by atoms with Crippen molar-refractivity contribution in [3.05, 3.63) is 64.2 Å². The molecule has 1 heterocycles. The Bertz CT molecular complexity index is 714. The summed E-state index contributed by atoms with van der Waals surface area (Å²) in [5, 5.41) is 0.584. The Morgan fingerprint density at radius 3 is 2.82 bits per heavy atom. The summed E-state index contributed by atoms with van der Waals surface area (Å²) in [7, 11) is 1.67. The average molecular weight is 316 g/mol. The first-order valence-corrected chi connectivity index (χ1v) is 7.71. The van der Waals surface area contributed by atoms with Crippen molar-refractivity contribution in [1.82, 2.24) is 4.90 Å². The van der Waals surface area contributed by atoms with Gasteiger partial charge in [-0.3, -0.25) is 4.79 Å². The summed E-state index contributed by atoms with van der Waals surface area (Å²) in [6, 6.07) is 13.2. The highest BCUT2D eigenvalue weighted by molar-refractivity contribution is 6.30. The molecule has 0 bridgehead atoms. The van der Waals surface area contributed by atoms with Crippen LogP contribution in [-0.2, 0) is 6.42 Å². The van der Waals surface area contributed by atoms with Gasteiger partial charge in [0.2, 0.25) is 0 Å². The van der Waals surface area contributed by atoms with Crippen molar-refractivity contribution in [3.8, 4) is 5.75 Å². The Kier molecular flexibility index (Phi) is 4.08. The molecule has 0 aromatic heterocycles. The third kappa shape index (κ3) is 2.69. The summed E-state index contributed by atoms with van der Waals surface area (Å²) in [5.41, 5.74) is 3.07. The molecular weight excluding hydrogens is 298 g/mol. The molecule has 0 aliphatic carbocycles. The van der Waals surface area contributed by atoms with Crippen LogP contribution in [0.2, 0.25) is 5.02 Å². The van der Waals surface area contributed by atoms with Gasteiger partial charge in [0.05, 0.1) is 13.2 Å². The van der Waals surface area contributed by atoms with Crippen LogP contribution in [0.25, 0.3) is 0 Å². The van der Waals surface area contributed by atoms with E-state index in [1.807, 2.05) is 23.1 Å². The maximum atomic E-state index is 12.7. The highest BCUT2D eigenvalue weighted by Gasteiger charge is 2.28. The number of fused-ring (bicyclic) bond motifs is 1. The Balaban J connectivity index is 1.89. The van der Waals surface area contributed by atoms with Gasteiger partial charge in [-0.25, -0.2) is 0 Å². The lowest BCUT2D eigenvalue weighted by atomic mass is 9.92. The lowest BCUT2D eigenvalue weighted by Crippen LogP contribution is -2.38. The summed E-state index contributed by atoms with van der Waals surface area (Å²) in [5.74, 6) is 0.886. The minimum absolute atomic E-state index is 0.0245. The van der Waals surface area contributed by atoms with Crippen LogP contribution >= 0.6 is 11.6 Å². The molecule has 2 aromatic carbocycles. The quantitative estimate of drug-likeness (QED) is 0.834. The van der Waals surface area contributed by atoms with Gasteiger partial charge in [0, 0.05) is 17.1 Å². The minimum Gasteiger partial charge on any atom is -0.497 e. The molecular formula is C18H18ClNO2. The summed E-state index contributed by atoms with van der Waals surface area (Å²) >= 11 is 5.99. The van der Waals surface area contributed by atoms with E-state index in [0.717, 1.165) is 12.2 Å². The number of rotatable bonds is 2. The predicted octanol–water partition coefficient (Wildman–Crippen LogP) is 4.11. The number of nitrogens with zero attached hydrogens (tertiary/aromatic N) is 1. The van der Waals surface area contributed by atoms with E-state index in [1.54, 1.807) is 19.2 Å². The molecule has 1 amide bonds. The molecule has 4 heteroatoms. The Morgan fingerprint density at radius 1 is 1.27 bits per heavy atom. The third-order valence-electron chi connectivity index (χ3n) is 4.22. The minimum atomic E-state index is 0.0245. The summed E-state index contributed by atoms with van der Waals surface area (Å²) in [4.78, 5) is 14.6. The number of amides is 1. The van der Waals surface area contributed by atoms with E-state index in [9.17, 15) is 4.79 Å². The van der Waals surface area contributed by atoms with Crippen LogP contribution in [0.5, 0.6) is 5.75 Å². The molecule has 0 N–H and O–H groups in total. The van der Waals surface area contributed by atoms with Gasteiger partial charge in [-0.1, -0.05) is 23.7 Å². The number of benzene rings is 2. The zero-order chi connectivity index (χ0) is 15.7. The predicted molar refractivity (Wildman–Crippen MR) is 87.6 cm³/mol. The second-order valence-electron chi connectivity index (χ2n) is 5.50. The van der Waals surface area contributed by atoms with Gasteiger partial charge in [0.1, 0.15) is 5.75 Å². The van der Waals surface area contributed by atoms with Crippen molar-refractivity contribution in [1.29, 1.82) is 0 Å². The molecule has 0 fully saturated rings. The number of hydrogen-bond donors (Lipinski definition) is 0. The van der Waals surface area contributed by atoms with Gasteiger partial charge >= 0.3 is 0 Å². The van der Waals surface area contributed by atoms with E-state index in [4.69, 9.17) is 16.3 Å². The Labute approximate surface area is 135 Å². The van der Waals surface area contributed by atoms with E-state index in [1.165, 1.54) is 11.1 Å². The van der Waals surface area contributed by atoms with Crippen molar-refractivity contribution in [2.24, 2.45) is 0 Å². The fourth-order valence-corrected chi connectivity index (χ4v) is 3.19. The normalized spacial score (nSPS) is 17.0. The molecule has 2 aromatic rings. The molecule has 1 aliphatic heterocycles. The SMILES string of the molecule is COc1ccc2c(c1)CCN(C(=O)c1cccc(Cl)c1)C2C. The zero-order valence-electron chi connectivity index (χ0n) is 12.7. The summed E-state index contributed by atoms with van der Waals surface area (Å²) < 4.78 is 5.28. The van der Waals surface area contributed by atoms with Crippen LogP contribution in [0.1, 0.15) is 34.5 Å². The fourth-order valence-electron chi connectivity index (χ4n) is 3.00. The van der Waals surface area contributed by atoms with Crippen LogP contribution in [0.4, 0.5) is 0 Å². The van der Waals surface area contributed by atoms with Crippen molar-refractivity contribution in [2.45, 2.75) is 19.4 Å². The number of hydrogen-bond acceptors (Lipinski definition) is 2.